The number of nitrogens with zero attached hydrogens (tertiary/aromatic N) is 3. The normalized spacial score (nSPS) is 12.5. The molecule has 6 aromatic rings. The third-order valence-corrected chi connectivity index (χ3v) is 7.35. The van der Waals surface area contributed by atoms with E-state index in [0.717, 1.165) is 22.9 Å². The predicted octanol–water partition coefficient (Wildman–Crippen LogP) is 8.10. The van der Waals surface area contributed by atoms with Gasteiger partial charge in [-0.3, -0.25) is 0 Å². The van der Waals surface area contributed by atoms with Gasteiger partial charge in [0.2, 0.25) is 0 Å². The Morgan fingerprint density at radius 1 is 0.436 bits per heavy atom. The van der Waals surface area contributed by atoms with Gasteiger partial charge >= 0.3 is 6.98 Å². The number of para-hydroxylation sites is 3. The van der Waals surface area contributed by atoms with Crippen LogP contribution in [0.2, 0.25) is 0 Å². The number of aromatic nitrogens is 1. The van der Waals surface area contributed by atoms with E-state index in [9.17, 15) is 0 Å². The van der Waals surface area contributed by atoms with Gasteiger partial charge in [-0.05, 0) is 64.1 Å². The van der Waals surface area contributed by atoms with Gasteiger partial charge in [0.05, 0.1) is 11.4 Å². The molecule has 0 spiro atoms. The van der Waals surface area contributed by atoms with Crippen molar-refractivity contribution in [2.45, 2.75) is 0 Å². The smallest absolute Gasteiger partial charge is 0.360 e. The Balaban J connectivity index is 1.58. The van der Waals surface area contributed by atoms with Crippen LogP contribution >= 0.6 is 0 Å². The molecule has 2 heterocycles. The lowest BCUT2D eigenvalue weighted by Gasteiger charge is -2.32. The molecule has 7 rings (SSSR count). The summed E-state index contributed by atoms with van der Waals surface area (Å²) < 4.78 is 0. The molecule has 0 bridgehead atoms. The number of benzene rings is 5. The lowest BCUT2D eigenvalue weighted by molar-refractivity contribution is 1.24. The van der Waals surface area contributed by atoms with Crippen LogP contribution in [0.4, 0.5) is 22.9 Å². The van der Waals surface area contributed by atoms with Crippen molar-refractivity contribution in [3.8, 4) is 22.3 Å². The molecule has 0 saturated carbocycles. The highest BCUT2D eigenvalue weighted by Crippen LogP contribution is 2.46. The number of hydrogen-bond acceptors (Lipinski definition) is 3. The Kier molecular flexibility index (Phi) is 5.91. The molecule has 1 aliphatic heterocycles. The molecule has 0 N–H and O–H groups in total. The average molecular weight is 499 g/mol. The molecular formula is C35H26BN3. The van der Waals surface area contributed by atoms with Gasteiger partial charge in [0, 0.05) is 11.9 Å². The fourth-order valence-electron chi connectivity index (χ4n) is 5.70. The minimum Gasteiger partial charge on any atom is -0.360 e. The number of anilines is 4. The molecule has 0 radical (unpaired) electrons. The summed E-state index contributed by atoms with van der Waals surface area (Å²) >= 11 is 0. The summed E-state index contributed by atoms with van der Waals surface area (Å²) in [6, 6.07) is 53.6. The van der Waals surface area contributed by atoms with Gasteiger partial charge in [-0.1, -0.05) is 115 Å². The number of hydrogen-bond donors (Lipinski definition) is 0. The zero-order chi connectivity index (χ0) is 26.0. The Morgan fingerprint density at radius 2 is 0.949 bits per heavy atom. The van der Waals surface area contributed by atoms with Crippen molar-refractivity contribution >= 4 is 35.3 Å². The number of pyridine rings is 1. The summed E-state index contributed by atoms with van der Waals surface area (Å²) in [5.74, 6) is 0.912. The van der Waals surface area contributed by atoms with Gasteiger partial charge in [0.1, 0.15) is 5.82 Å². The van der Waals surface area contributed by atoms with Crippen LogP contribution in [0.3, 0.4) is 0 Å². The molecule has 0 unspecified atom stereocenters. The third-order valence-electron chi connectivity index (χ3n) is 7.35. The highest BCUT2D eigenvalue weighted by molar-refractivity contribution is 6.86. The molecule has 1 aromatic heterocycles. The fraction of sp³-hybridized carbons (Fsp3) is 0. The minimum atomic E-state index is -0.175. The average Bonchev–Trinajstić information content (AvgIpc) is 3.37. The van der Waals surface area contributed by atoms with Crippen LogP contribution in [0, 0.1) is 0 Å². The second-order valence-corrected chi connectivity index (χ2v) is 9.62. The summed E-state index contributed by atoms with van der Waals surface area (Å²) in [6.07, 6.45) is 1.88. The monoisotopic (exact) mass is 499 g/mol. The molecule has 1 aliphatic rings. The largest absolute Gasteiger partial charge is 0.423 e. The van der Waals surface area contributed by atoms with Gasteiger partial charge in [-0.2, -0.15) is 0 Å². The Morgan fingerprint density at radius 3 is 1.51 bits per heavy atom. The van der Waals surface area contributed by atoms with E-state index >= 15 is 0 Å². The van der Waals surface area contributed by atoms with Crippen LogP contribution in [-0.4, -0.2) is 12.0 Å². The lowest BCUT2D eigenvalue weighted by Crippen LogP contribution is -2.54. The van der Waals surface area contributed by atoms with Crippen LogP contribution in [-0.2, 0) is 0 Å². The Bertz CT molecular complexity index is 1580. The van der Waals surface area contributed by atoms with E-state index in [0.29, 0.717) is 0 Å². The second kappa shape index (κ2) is 10.00. The van der Waals surface area contributed by atoms with E-state index in [1.807, 2.05) is 12.3 Å². The summed E-state index contributed by atoms with van der Waals surface area (Å²) in [4.78, 5) is 9.71. The first-order valence-electron chi connectivity index (χ1n) is 13.3. The van der Waals surface area contributed by atoms with Crippen molar-refractivity contribution in [1.29, 1.82) is 0 Å². The summed E-state index contributed by atoms with van der Waals surface area (Å²) in [7, 11) is 0. The maximum Gasteiger partial charge on any atom is 0.423 e. The molecule has 4 heteroatoms. The number of fused-ring (bicyclic) bond motifs is 1. The third kappa shape index (κ3) is 4.07. The van der Waals surface area contributed by atoms with Crippen LogP contribution in [0.5, 0.6) is 0 Å². The van der Waals surface area contributed by atoms with Gasteiger partial charge < -0.3 is 9.62 Å². The van der Waals surface area contributed by atoms with Crippen molar-refractivity contribution in [2.24, 2.45) is 0 Å². The van der Waals surface area contributed by atoms with E-state index in [-0.39, 0.29) is 6.98 Å². The maximum absolute atomic E-state index is 4.87. The van der Waals surface area contributed by atoms with E-state index in [4.69, 9.17) is 4.98 Å². The number of rotatable bonds is 5. The van der Waals surface area contributed by atoms with E-state index < -0.39 is 0 Å². The summed E-state index contributed by atoms with van der Waals surface area (Å²) in [6.45, 7) is -0.175. The van der Waals surface area contributed by atoms with Crippen LogP contribution in [0.15, 0.2) is 158 Å². The fourth-order valence-corrected chi connectivity index (χ4v) is 5.70. The second-order valence-electron chi connectivity index (χ2n) is 9.62. The molecule has 0 saturated heterocycles. The minimum absolute atomic E-state index is 0.175. The highest BCUT2D eigenvalue weighted by Gasteiger charge is 2.46. The zero-order valence-electron chi connectivity index (χ0n) is 21.4. The first-order chi connectivity index (χ1) is 19.4. The van der Waals surface area contributed by atoms with Crippen molar-refractivity contribution in [2.75, 3.05) is 9.62 Å². The van der Waals surface area contributed by atoms with Gasteiger partial charge in [-0.25, -0.2) is 4.98 Å². The molecular weight excluding hydrogens is 473 g/mol. The molecule has 3 nitrogen and oxygen atoms in total. The molecule has 5 aromatic carbocycles. The SMILES string of the molecule is c1ccc(-c2cccc(-c3ccccc3)c2B2N(c3ccccc3)c3ccccc3N2c2ccccn2)cc1. The van der Waals surface area contributed by atoms with Crippen molar-refractivity contribution in [3.05, 3.63) is 158 Å². The standard InChI is InChI=1S/C35H26BN3/c1-4-15-27(16-5-1)30-21-14-22-31(28-17-6-2-7-18-28)35(30)36-38(29-19-8-3-9-20-29)32-23-10-11-24-33(32)39(36)34-25-12-13-26-37-34/h1-26H. The maximum atomic E-state index is 4.87. The molecule has 0 amide bonds. The van der Waals surface area contributed by atoms with Gasteiger partial charge in [0.15, 0.2) is 0 Å². The predicted molar refractivity (Wildman–Crippen MR) is 164 cm³/mol. The Labute approximate surface area is 229 Å². The van der Waals surface area contributed by atoms with Crippen molar-refractivity contribution < 1.29 is 0 Å². The molecule has 0 fully saturated rings. The Hall–Kier alpha value is -5.09. The topological polar surface area (TPSA) is 19.4 Å². The zero-order valence-corrected chi connectivity index (χ0v) is 21.4. The van der Waals surface area contributed by atoms with Crippen LogP contribution < -0.4 is 15.1 Å². The van der Waals surface area contributed by atoms with Crippen LogP contribution in [0.1, 0.15) is 0 Å². The summed E-state index contributed by atoms with van der Waals surface area (Å²) in [5, 5.41) is 0. The lowest BCUT2D eigenvalue weighted by atomic mass is 9.59. The molecule has 0 aliphatic carbocycles. The van der Waals surface area contributed by atoms with Gasteiger partial charge in [0.25, 0.3) is 0 Å². The first kappa shape index (κ1) is 23.1. The van der Waals surface area contributed by atoms with E-state index in [2.05, 4.69) is 155 Å². The first-order valence-corrected chi connectivity index (χ1v) is 13.3. The van der Waals surface area contributed by atoms with Crippen molar-refractivity contribution in [1.82, 2.24) is 4.98 Å². The summed E-state index contributed by atoms with van der Waals surface area (Å²) in [5.41, 5.74) is 9.45. The van der Waals surface area contributed by atoms with Crippen LogP contribution in [0.25, 0.3) is 22.3 Å². The quantitative estimate of drug-likeness (QED) is 0.224. The molecule has 0 atom stereocenters. The van der Waals surface area contributed by atoms with Crippen molar-refractivity contribution in [3.63, 3.8) is 0 Å². The van der Waals surface area contributed by atoms with E-state index in [1.165, 1.54) is 27.7 Å². The molecule has 39 heavy (non-hydrogen) atoms. The highest BCUT2D eigenvalue weighted by atomic mass is 15.3. The molecule has 184 valence electrons. The van der Waals surface area contributed by atoms with Gasteiger partial charge in [-0.15, -0.1) is 0 Å². The van der Waals surface area contributed by atoms with E-state index in [1.54, 1.807) is 0 Å².